The number of aromatic nitrogens is 2. The summed E-state index contributed by atoms with van der Waals surface area (Å²) in [5, 5.41) is 0. The quantitative estimate of drug-likeness (QED) is 0.501. The summed E-state index contributed by atoms with van der Waals surface area (Å²) in [6, 6.07) is 28.9. The Hall–Kier alpha value is -3.26. The molecule has 0 atom stereocenters. The maximum atomic E-state index is 4.96. The van der Waals surface area contributed by atoms with Crippen molar-refractivity contribution in [1.82, 2.24) is 9.97 Å². The third-order valence-corrected chi connectivity index (χ3v) is 4.00. The zero-order valence-electron chi connectivity index (χ0n) is 13.1. The van der Waals surface area contributed by atoms with Crippen LogP contribution < -0.4 is 0 Å². The Morgan fingerprint density at radius 3 is 1.79 bits per heavy atom. The Labute approximate surface area is 141 Å². The molecular formula is C22H16N2. The molecule has 0 aliphatic rings. The summed E-state index contributed by atoms with van der Waals surface area (Å²) in [4.78, 5) is 9.05. The lowest BCUT2D eigenvalue weighted by atomic mass is 9.98. The van der Waals surface area contributed by atoms with Gasteiger partial charge in [0, 0.05) is 29.1 Å². The average molecular weight is 308 g/mol. The maximum Gasteiger partial charge on any atom is 0.0787 e. The maximum absolute atomic E-state index is 4.96. The number of rotatable bonds is 3. The first kappa shape index (κ1) is 14.3. The van der Waals surface area contributed by atoms with E-state index >= 15 is 0 Å². The van der Waals surface area contributed by atoms with Crippen LogP contribution in [0.25, 0.3) is 33.6 Å². The van der Waals surface area contributed by atoms with Crippen LogP contribution in [-0.4, -0.2) is 9.97 Å². The molecule has 0 aliphatic carbocycles. The molecule has 2 aromatic heterocycles. The van der Waals surface area contributed by atoms with E-state index in [2.05, 4.69) is 53.5 Å². The smallest absolute Gasteiger partial charge is 0.0787 e. The van der Waals surface area contributed by atoms with Gasteiger partial charge in [0.15, 0.2) is 0 Å². The lowest BCUT2D eigenvalue weighted by Crippen LogP contribution is -1.92. The molecule has 4 rings (SSSR count). The van der Waals surface area contributed by atoms with Crippen molar-refractivity contribution < 1.29 is 0 Å². The molecule has 0 bridgehead atoms. The number of pyridine rings is 2. The second kappa shape index (κ2) is 6.47. The van der Waals surface area contributed by atoms with Crippen molar-refractivity contribution in [2.24, 2.45) is 0 Å². The molecule has 0 fully saturated rings. The van der Waals surface area contributed by atoms with Gasteiger partial charge in [-0.1, -0.05) is 66.7 Å². The van der Waals surface area contributed by atoms with Crippen LogP contribution in [0.2, 0.25) is 0 Å². The minimum atomic E-state index is 0.955. The molecule has 0 radical (unpaired) electrons. The highest BCUT2D eigenvalue weighted by Crippen LogP contribution is 2.32. The standard InChI is InChI=1S/C22H16N2/c1-3-7-17(8-4-1)20-11-12-21(18-13-15-23-16-14-18)24-22(20)19-9-5-2-6-10-19/h1-16H. The van der Waals surface area contributed by atoms with Gasteiger partial charge in [-0.3, -0.25) is 4.98 Å². The van der Waals surface area contributed by atoms with E-state index in [9.17, 15) is 0 Å². The highest BCUT2D eigenvalue weighted by Gasteiger charge is 2.11. The summed E-state index contributed by atoms with van der Waals surface area (Å²) in [5.41, 5.74) is 6.45. The van der Waals surface area contributed by atoms with Crippen molar-refractivity contribution in [3.8, 4) is 33.6 Å². The zero-order chi connectivity index (χ0) is 16.2. The summed E-state index contributed by atoms with van der Waals surface area (Å²) >= 11 is 0. The molecule has 0 saturated heterocycles. The molecule has 0 saturated carbocycles. The van der Waals surface area contributed by atoms with Crippen molar-refractivity contribution >= 4 is 0 Å². The van der Waals surface area contributed by atoms with Gasteiger partial charge in [-0.2, -0.15) is 0 Å². The van der Waals surface area contributed by atoms with Crippen LogP contribution in [0.5, 0.6) is 0 Å². The lowest BCUT2D eigenvalue weighted by molar-refractivity contribution is 1.29. The molecular weight excluding hydrogens is 292 g/mol. The molecule has 2 aromatic carbocycles. The minimum Gasteiger partial charge on any atom is -0.265 e. The normalized spacial score (nSPS) is 10.5. The number of benzene rings is 2. The lowest BCUT2D eigenvalue weighted by Gasteiger charge is -2.12. The first-order valence-electron chi connectivity index (χ1n) is 7.94. The predicted molar refractivity (Wildman–Crippen MR) is 98.3 cm³/mol. The number of nitrogens with zero attached hydrogens (tertiary/aromatic N) is 2. The monoisotopic (exact) mass is 308 g/mol. The van der Waals surface area contributed by atoms with E-state index in [0.29, 0.717) is 0 Å². The third kappa shape index (κ3) is 2.82. The Morgan fingerprint density at radius 1 is 0.500 bits per heavy atom. The van der Waals surface area contributed by atoms with Crippen LogP contribution in [0.1, 0.15) is 0 Å². The van der Waals surface area contributed by atoms with E-state index in [1.165, 1.54) is 5.56 Å². The molecule has 0 spiro atoms. The molecule has 0 amide bonds. The number of hydrogen-bond acceptors (Lipinski definition) is 2. The Morgan fingerprint density at radius 2 is 1.12 bits per heavy atom. The summed E-state index contributed by atoms with van der Waals surface area (Å²) in [6.07, 6.45) is 3.59. The van der Waals surface area contributed by atoms with Gasteiger partial charge in [-0.05, 0) is 23.8 Å². The fraction of sp³-hybridized carbons (Fsp3) is 0. The van der Waals surface area contributed by atoms with Gasteiger partial charge in [-0.25, -0.2) is 4.98 Å². The van der Waals surface area contributed by atoms with Crippen LogP contribution in [0.15, 0.2) is 97.3 Å². The van der Waals surface area contributed by atoms with E-state index in [4.69, 9.17) is 4.98 Å². The first-order valence-corrected chi connectivity index (χ1v) is 7.94. The third-order valence-electron chi connectivity index (χ3n) is 4.00. The van der Waals surface area contributed by atoms with E-state index in [0.717, 1.165) is 28.1 Å². The molecule has 4 aromatic rings. The van der Waals surface area contributed by atoms with Crippen LogP contribution in [-0.2, 0) is 0 Å². The zero-order valence-corrected chi connectivity index (χ0v) is 13.1. The van der Waals surface area contributed by atoms with Crippen molar-refractivity contribution in [2.45, 2.75) is 0 Å². The molecule has 2 heteroatoms. The summed E-state index contributed by atoms with van der Waals surface area (Å²) in [7, 11) is 0. The van der Waals surface area contributed by atoms with Crippen molar-refractivity contribution in [3.63, 3.8) is 0 Å². The summed E-state index contributed by atoms with van der Waals surface area (Å²) in [6.45, 7) is 0. The minimum absolute atomic E-state index is 0.955. The number of hydrogen-bond donors (Lipinski definition) is 0. The highest BCUT2D eigenvalue weighted by molar-refractivity contribution is 5.82. The van der Waals surface area contributed by atoms with Crippen molar-refractivity contribution in [2.75, 3.05) is 0 Å². The fourth-order valence-electron chi connectivity index (χ4n) is 2.81. The SMILES string of the molecule is c1ccc(-c2ccc(-c3ccncc3)nc2-c2ccccc2)cc1. The molecule has 0 N–H and O–H groups in total. The van der Waals surface area contributed by atoms with Gasteiger partial charge >= 0.3 is 0 Å². The highest BCUT2D eigenvalue weighted by atomic mass is 14.7. The van der Waals surface area contributed by atoms with Gasteiger partial charge in [0.2, 0.25) is 0 Å². The van der Waals surface area contributed by atoms with Gasteiger partial charge in [-0.15, -0.1) is 0 Å². The van der Waals surface area contributed by atoms with Crippen LogP contribution in [0.3, 0.4) is 0 Å². The van der Waals surface area contributed by atoms with E-state index < -0.39 is 0 Å². The topological polar surface area (TPSA) is 25.8 Å². The average Bonchev–Trinajstić information content (AvgIpc) is 2.69. The van der Waals surface area contributed by atoms with Gasteiger partial charge in [0.25, 0.3) is 0 Å². The van der Waals surface area contributed by atoms with Crippen molar-refractivity contribution in [3.05, 3.63) is 97.3 Å². The second-order valence-electron chi connectivity index (χ2n) is 5.56. The van der Waals surface area contributed by atoms with E-state index in [-0.39, 0.29) is 0 Å². The van der Waals surface area contributed by atoms with Gasteiger partial charge < -0.3 is 0 Å². The Bertz CT molecular complexity index is 933. The predicted octanol–water partition coefficient (Wildman–Crippen LogP) is 5.48. The van der Waals surface area contributed by atoms with Crippen molar-refractivity contribution in [1.29, 1.82) is 0 Å². The fourth-order valence-corrected chi connectivity index (χ4v) is 2.81. The largest absolute Gasteiger partial charge is 0.265 e. The van der Waals surface area contributed by atoms with Crippen LogP contribution in [0, 0.1) is 0 Å². The Kier molecular flexibility index (Phi) is 3.86. The van der Waals surface area contributed by atoms with Crippen LogP contribution >= 0.6 is 0 Å². The molecule has 2 nitrogen and oxygen atoms in total. The van der Waals surface area contributed by atoms with E-state index in [1.807, 2.05) is 36.4 Å². The molecule has 24 heavy (non-hydrogen) atoms. The van der Waals surface area contributed by atoms with Gasteiger partial charge in [0.1, 0.15) is 0 Å². The van der Waals surface area contributed by atoms with Crippen LogP contribution in [0.4, 0.5) is 0 Å². The molecule has 0 unspecified atom stereocenters. The summed E-state index contributed by atoms with van der Waals surface area (Å²) < 4.78 is 0. The van der Waals surface area contributed by atoms with E-state index in [1.54, 1.807) is 12.4 Å². The molecule has 0 aliphatic heterocycles. The molecule has 2 heterocycles. The summed E-state index contributed by atoms with van der Waals surface area (Å²) in [5.74, 6) is 0. The van der Waals surface area contributed by atoms with Gasteiger partial charge in [0.05, 0.1) is 11.4 Å². The second-order valence-corrected chi connectivity index (χ2v) is 5.56. The first-order chi connectivity index (χ1) is 11.9. The Balaban J connectivity index is 1.92. The molecule has 114 valence electrons.